The number of carboxylic acids is 1. The Kier molecular flexibility index (Phi) is 8.45. The summed E-state index contributed by atoms with van der Waals surface area (Å²) in [7, 11) is 1.34. The van der Waals surface area contributed by atoms with E-state index >= 15 is 0 Å². The van der Waals surface area contributed by atoms with Crippen molar-refractivity contribution in [1.29, 1.82) is 0 Å². The fourth-order valence-electron chi connectivity index (χ4n) is 3.05. The Balaban J connectivity index is 0.00000300. The highest BCUT2D eigenvalue weighted by atomic mass is 35.5. The van der Waals surface area contributed by atoms with Gasteiger partial charge in [-0.3, -0.25) is 9.69 Å². The summed E-state index contributed by atoms with van der Waals surface area (Å²) in [6.45, 7) is 2.49. The number of morpholine rings is 1. The van der Waals surface area contributed by atoms with Crippen LogP contribution in [0.4, 0.5) is 0 Å². The van der Waals surface area contributed by atoms with Crippen LogP contribution in [0.15, 0.2) is 48.5 Å². The Bertz CT molecular complexity index is 826. The first kappa shape index (κ1) is 22.7. The summed E-state index contributed by atoms with van der Waals surface area (Å²) in [6.07, 6.45) is 0.0312. The Morgan fingerprint density at radius 3 is 2.62 bits per heavy atom. The summed E-state index contributed by atoms with van der Waals surface area (Å²) in [5.41, 5.74) is 1.43. The molecule has 29 heavy (non-hydrogen) atoms. The molecule has 1 unspecified atom stereocenters. The first-order valence-electron chi connectivity index (χ1n) is 9.07. The second-order valence-corrected chi connectivity index (χ2v) is 6.49. The minimum atomic E-state index is -0.791. The summed E-state index contributed by atoms with van der Waals surface area (Å²) < 4.78 is 16.4. The molecule has 1 aliphatic rings. The Labute approximate surface area is 175 Å². The molecule has 1 atom stereocenters. The lowest BCUT2D eigenvalue weighted by molar-refractivity contribution is -0.137. The number of rotatable bonds is 7. The second kappa shape index (κ2) is 10.8. The first-order chi connectivity index (χ1) is 13.5. The van der Waals surface area contributed by atoms with Gasteiger partial charge in [-0.2, -0.15) is 0 Å². The molecule has 1 N–H and O–H groups in total. The summed E-state index contributed by atoms with van der Waals surface area (Å²) in [4.78, 5) is 24.5. The molecular weight excluding hydrogens is 398 g/mol. The van der Waals surface area contributed by atoms with E-state index in [4.69, 9.17) is 19.3 Å². The first-order valence-corrected chi connectivity index (χ1v) is 9.07. The van der Waals surface area contributed by atoms with E-state index in [-0.39, 0.29) is 24.9 Å². The third-order valence-corrected chi connectivity index (χ3v) is 4.54. The molecule has 2 aromatic rings. The van der Waals surface area contributed by atoms with Gasteiger partial charge in [0.2, 0.25) is 0 Å². The molecule has 7 nitrogen and oxygen atoms in total. The normalized spacial score (nSPS) is 16.5. The quantitative estimate of drug-likeness (QED) is 0.684. The van der Waals surface area contributed by atoms with Crippen molar-refractivity contribution in [2.24, 2.45) is 0 Å². The van der Waals surface area contributed by atoms with Gasteiger partial charge in [-0.15, -0.1) is 12.4 Å². The molecule has 1 fully saturated rings. The van der Waals surface area contributed by atoms with E-state index in [9.17, 15) is 9.59 Å². The maximum absolute atomic E-state index is 11.6. The molecule has 2 aromatic carbocycles. The molecule has 156 valence electrons. The van der Waals surface area contributed by atoms with E-state index < -0.39 is 11.9 Å². The lowest BCUT2D eigenvalue weighted by Gasteiger charge is -2.32. The molecule has 8 heteroatoms. The third-order valence-electron chi connectivity index (χ3n) is 4.54. The van der Waals surface area contributed by atoms with Gasteiger partial charge < -0.3 is 19.3 Å². The molecule has 1 saturated heterocycles. The zero-order valence-corrected chi connectivity index (χ0v) is 16.9. The molecule has 0 aromatic heterocycles. The SMILES string of the molecule is COC(=O)c1cccc(Oc2ccc(C3CN(CCC(=O)O)CCO3)cc2)c1.Cl. The van der Waals surface area contributed by atoms with Crippen LogP contribution >= 0.6 is 12.4 Å². The fourth-order valence-corrected chi connectivity index (χ4v) is 3.05. The highest BCUT2D eigenvalue weighted by molar-refractivity contribution is 5.89. The van der Waals surface area contributed by atoms with Crippen LogP contribution < -0.4 is 4.74 Å². The molecule has 0 spiro atoms. The average Bonchev–Trinajstić information content (AvgIpc) is 2.72. The van der Waals surface area contributed by atoms with Gasteiger partial charge in [0.1, 0.15) is 11.5 Å². The Morgan fingerprint density at radius 2 is 1.93 bits per heavy atom. The van der Waals surface area contributed by atoms with Crippen LogP contribution in [0.2, 0.25) is 0 Å². The molecule has 0 bridgehead atoms. The van der Waals surface area contributed by atoms with Crippen molar-refractivity contribution in [3.63, 3.8) is 0 Å². The van der Waals surface area contributed by atoms with Crippen LogP contribution in [0.25, 0.3) is 0 Å². The van der Waals surface area contributed by atoms with Gasteiger partial charge in [0, 0.05) is 19.6 Å². The highest BCUT2D eigenvalue weighted by Crippen LogP contribution is 2.27. The fraction of sp³-hybridized carbons (Fsp3) is 0.333. The molecule has 0 aliphatic carbocycles. The molecule has 3 rings (SSSR count). The van der Waals surface area contributed by atoms with Gasteiger partial charge in [0.05, 0.1) is 31.8 Å². The van der Waals surface area contributed by atoms with E-state index in [2.05, 4.69) is 4.90 Å². The van der Waals surface area contributed by atoms with Crippen molar-refractivity contribution in [3.8, 4) is 11.5 Å². The Hall–Kier alpha value is -2.61. The number of benzene rings is 2. The summed E-state index contributed by atoms with van der Waals surface area (Å²) >= 11 is 0. The van der Waals surface area contributed by atoms with Gasteiger partial charge in [0.25, 0.3) is 0 Å². The monoisotopic (exact) mass is 421 g/mol. The van der Waals surface area contributed by atoms with Crippen LogP contribution in [-0.2, 0) is 14.3 Å². The largest absolute Gasteiger partial charge is 0.481 e. The number of esters is 1. The third kappa shape index (κ3) is 6.45. The van der Waals surface area contributed by atoms with Gasteiger partial charge in [-0.05, 0) is 35.9 Å². The van der Waals surface area contributed by atoms with Crippen molar-refractivity contribution < 1.29 is 28.9 Å². The van der Waals surface area contributed by atoms with E-state index in [1.165, 1.54) is 7.11 Å². The summed E-state index contributed by atoms with van der Waals surface area (Å²) in [5.74, 6) is -0.0165. The maximum atomic E-state index is 11.6. The van der Waals surface area contributed by atoms with Crippen LogP contribution in [0, 0.1) is 0 Å². The number of carboxylic acid groups (broad SMARTS) is 1. The lowest BCUT2D eigenvalue weighted by atomic mass is 10.1. The molecule has 0 saturated carbocycles. The van der Waals surface area contributed by atoms with Gasteiger partial charge >= 0.3 is 11.9 Å². The highest BCUT2D eigenvalue weighted by Gasteiger charge is 2.22. The van der Waals surface area contributed by atoms with Crippen molar-refractivity contribution >= 4 is 24.3 Å². The van der Waals surface area contributed by atoms with Crippen molar-refractivity contribution in [2.45, 2.75) is 12.5 Å². The van der Waals surface area contributed by atoms with Crippen LogP contribution in [0.5, 0.6) is 11.5 Å². The topological polar surface area (TPSA) is 85.3 Å². The van der Waals surface area contributed by atoms with Gasteiger partial charge in [0.15, 0.2) is 0 Å². The zero-order valence-electron chi connectivity index (χ0n) is 16.1. The number of ether oxygens (including phenoxy) is 3. The predicted octanol–water partition coefficient (Wildman–Crippen LogP) is 3.54. The van der Waals surface area contributed by atoms with Gasteiger partial charge in [-0.25, -0.2) is 4.79 Å². The van der Waals surface area contributed by atoms with E-state index in [0.717, 1.165) is 12.1 Å². The minimum Gasteiger partial charge on any atom is -0.481 e. The number of hydrogen-bond donors (Lipinski definition) is 1. The van der Waals surface area contributed by atoms with Crippen molar-refractivity contribution in [2.75, 3.05) is 33.4 Å². The number of halogens is 1. The molecule has 0 radical (unpaired) electrons. The second-order valence-electron chi connectivity index (χ2n) is 6.49. The molecule has 1 aliphatic heterocycles. The van der Waals surface area contributed by atoms with Crippen molar-refractivity contribution in [1.82, 2.24) is 4.90 Å². The van der Waals surface area contributed by atoms with Gasteiger partial charge in [-0.1, -0.05) is 18.2 Å². The number of hydrogen-bond acceptors (Lipinski definition) is 6. The smallest absolute Gasteiger partial charge is 0.337 e. The number of carbonyl (C=O) groups is 2. The molecule has 0 amide bonds. The predicted molar refractivity (Wildman–Crippen MR) is 109 cm³/mol. The molecular formula is C21H24ClNO6. The summed E-state index contributed by atoms with van der Waals surface area (Å²) in [5, 5.41) is 8.84. The number of methoxy groups -OCH3 is 1. The van der Waals surface area contributed by atoms with Crippen LogP contribution in [0.3, 0.4) is 0 Å². The maximum Gasteiger partial charge on any atom is 0.337 e. The Morgan fingerprint density at radius 1 is 1.17 bits per heavy atom. The van der Waals surface area contributed by atoms with E-state index in [0.29, 0.717) is 36.8 Å². The van der Waals surface area contributed by atoms with Crippen LogP contribution in [-0.4, -0.2) is 55.3 Å². The van der Waals surface area contributed by atoms with Crippen molar-refractivity contribution in [3.05, 3.63) is 59.7 Å². The number of nitrogens with zero attached hydrogens (tertiary/aromatic N) is 1. The van der Waals surface area contributed by atoms with E-state index in [1.807, 2.05) is 24.3 Å². The number of carbonyl (C=O) groups excluding carboxylic acids is 1. The lowest BCUT2D eigenvalue weighted by Crippen LogP contribution is -2.39. The number of aliphatic carboxylic acids is 1. The minimum absolute atomic E-state index is 0. The molecule has 1 heterocycles. The average molecular weight is 422 g/mol. The zero-order chi connectivity index (χ0) is 19.9. The summed E-state index contributed by atoms with van der Waals surface area (Å²) in [6, 6.07) is 14.4. The standard InChI is InChI=1S/C21H23NO6.ClH/c1-26-21(25)16-3-2-4-18(13-16)28-17-7-5-15(6-8-17)19-14-22(11-12-27-19)10-9-20(23)24;/h2-8,13,19H,9-12,14H2,1H3,(H,23,24);1H. The van der Waals surface area contributed by atoms with Crippen LogP contribution in [0.1, 0.15) is 28.4 Å². The van der Waals surface area contributed by atoms with E-state index in [1.54, 1.807) is 24.3 Å².